The molecule has 0 radical (unpaired) electrons. The Morgan fingerprint density at radius 3 is 3.05 bits per heavy atom. The second kappa shape index (κ2) is 5.43. The molecule has 1 aromatic rings. The highest BCUT2D eigenvalue weighted by Gasteiger charge is 2.43. The minimum absolute atomic E-state index is 0.0478. The van der Waals surface area contributed by atoms with E-state index in [2.05, 4.69) is 13.8 Å². The standard InChI is InChI=1S/C17H24N2O2/c1-17(2)9-14-11-19(7-6-15(14)21-17)16(20)13-5-3-4-12(8-13)10-18/h3-5,8,14-15H,6-7,9-11,18H2,1-2H3/t14-,15+/m1/s1. The maximum absolute atomic E-state index is 12.7. The number of likely N-dealkylation sites (tertiary alicyclic amines) is 1. The van der Waals surface area contributed by atoms with Crippen LogP contribution >= 0.6 is 0 Å². The van der Waals surface area contributed by atoms with E-state index in [0.29, 0.717) is 18.6 Å². The van der Waals surface area contributed by atoms with Gasteiger partial charge in [0, 0.05) is 31.1 Å². The molecule has 2 atom stereocenters. The van der Waals surface area contributed by atoms with Crippen molar-refractivity contribution in [2.45, 2.75) is 44.9 Å². The molecule has 2 aliphatic rings. The summed E-state index contributed by atoms with van der Waals surface area (Å²) < 4.78 is 6.07. The van der Waals surface area contributed by atoms with Gasteiger partial charge >= 0.3 is 0 Å². The van der Waals surface area contributed by atoms with Gasteiger partial charge < -0.3 is 15.4 Å². The van der Waals surface area contributed by atoms with Crippen LogP contribution in [0.15, 0.2) is 24.3 Å². The predicted octanol–water partition coefficient (Wildman–Crippen LogP) is 2.17. The Balaban J connectivity index is 1.71. The Labute approximate surface area is 126 Å². The molecule has 2 saturated heterocycles. The maximum atomic E-state index is 12.7. The Bertz CT molecular complexity index is 541. The van der Waals surface area contributed by atoms with E-state index < -0.39 is 0 Å². The summed E-state index contributed by atoms with van der Waals surface area (Å²) in [6.45, 7) is 6.33. The van der Waals surface area contributed by atoms with Crippen LogP contribution in [0.1, 0.15) is 42.6 Å². The third-order valence-corrected chi connectivity index (χ3v) is 4.59. The number of nitrogens with zero attached hydrogens (tertiary/aromatic N) is 1. The molecule has 2 heterocycles. The molecule has 114 valence electrons. The van der Waals surface area contributed by atoms with Crippen LogP contribution in [0.3, 0.4) is 0 Å². The summed E-state index contributed by atoms with van der Waals surface area (Å²) in [6, 6.07) is 7.65. The van der Waals surface area contributed by atoms with Gasteiger partial charge in [0.15, 0.2) is 0 Å². The van der Waals surface area contributed by atoms with E-state index in [-0.39, 0.29) is 11.5 Å². The summed E-state index contributed by atoms with van der Waals surface area (Å²) in [5, 5.41) is 0. The smallest absolute Gasteiger partial charge is 0.253 e. The molecule has 2 fully saturated rings. The first kappa shape index (κ1) is 14.5. The maximum Gasteiger partial charge on any atom is 0.253 e. The molecule has 1 aromatic carbocycles. The summed E-state index contributed by atoms with van der Waals surface area (Å²) in [6.07, 6.45) is 2.29. The summed E-state index contributed by atoms with van der Waals surface area (Å²) >= 11 is 0. The number of carbonyl (C=O) groups is 1. The van der Waals surface area contributed by atoms with Crippen molar-refractivity contribution in [1.29, 1.82) is 0 Å². The fraction of sp³-hybridized carbons (Fsp3) is 0.588. The predicted molar refractivity (Wildman–Crippen MR) is 81.9 cm³/mol. The van der Waals surface area contributed by atoms with Crippen molar-refractivity contribution in [2.75, 3.05) is 13.1 Å². The normalized spacial score (nSPS) is 27.5. The van der Waals surface area contributed by atoms with Crippen molar-refractivity contribution in [3.05, 3.63) is 35.4 Å². The van der Waals surface area contributed by atoms with Crippen LogP contribution in [0, 0.1) is 5.92 Å². The number of hydrogen-bond donors (Lipinski definition) is 1. The van der Waals surface area contributed by atoms with Crippen LogP contribution in [-0.4, -0.2) is 35.6 Å². The summed E-state index contributed by atoms with van der Waals surface area (Å²) in [7, 11) is 0. The molecule has 21 heavy (non-hydrogen) atoms. The number of fused-ring (bicyclic) bond motifs is 1. The average Bonchev–Trinajstić information content (AvgIpc) is 2.79. The number of piperidine rings is 1. The molecule has 0 aromatic heterocycles. The van der Waals surface area contributed by atoms with E-state index in [0.717, 1.165) is 37.1 Å². The summed E-state index contributed by atoms with van der Waals surface area (Å²) in [5.41, 5.74) is 7.35. The minimum atomic E-state index is -0.0478. The van der Waals surface area contributed by atoms with Gasteiger partial charge in [-0.25, -0.2) is 0 Å². The lowest BCUT2D eigenvalue weighted by molar-refractivity contribution is -0.0371. The lowest BCUT2D eigenvalue weighted by atomic mass is 9.89. The topological polar surface area (TPSA) is 55.6 Å². The number of ether oxygens (including phenoxy) is 1. The molecule has 0 aliphatic carbocycles. The van der Waals surface area contributed by atoms with Crippen molar-refractivity contribution in [1.82, 2.24) is 4.90 Å². The molecule has 0 saturated carbocycles. The molecule has 4 heteroatoms. The molecule has 0 unspecified atom stereocenters. The van der Waals surface area contributed by atoms with E-state index in [1.807, 2.05) is 29.2 Å². The minimum Gasteiger partial charge on any atom is -0.372 e. The van der Waals surface area contributed by atoms with E-state index in [1.54, 1.807) is 0 Å². The monoisotopic (exact) mass is 288 g/mol. The molecule has 2 N–H and O–H groups in total. The molecule has 0 bridgehead atoms. The lowest BCUT2D eigenvalue weighted by Gasteiger charge is -2.34. The Morgan fingerprint density at radius 1 is 1.48 bits per heavy atom. The molecule has 1 amide bonds. The van der Waals surface area contributed by atoms with Crippen molar-refractivity contribution in [2.24, 2.45) is 11.7 Å². The zero-order chi connectivity index (χ0) is 15.0. The third kappa shape index (κ3) is 2.97. The van der Waals surface area contributed by atoms with Gasteiger partial charge in [-0.05, 0) is 44.4 Å². The first-order valence-corrected chi connectivity index (χ1v) is 7.74. The largest absolute Gasteiger partial charge is 0.372 e. The Kier molecular flexibility index (Phi) is 3.76. The number of carbonyl (C=O) groups excluding carboxylic acids is 1. The van der Waals surface area contributed by atoms with E-state index in [1.165, 1.54) is 0 Å². The van der Waals surface area contributed by atoms with Crippen molar-refractivity contribution in [3.8, 4) is 0 Å². The molecule has 0 spiro atoms. The van der Waals surface area contributed by atoms with Gasteiger partial charge in [0.25, 0.3) is 5.91 Å². The lowest BCUT2D eigenvalue weighted by Crippen LogP contribution is -2.44. The van der Waals surface area contributed by atoms with Gasteiger partial charge in [-0.3, -0.25) is 4.79 Å². The van der Waals surface area contributed by atoms with Crippen LogP contribution in [0.2, 0.25) is 0 Å². The number of benzene rings is 1. The highest BCUT2D eigenvalue weighted by molar-refractivity contribution is 5.94. The third-order valence-electron chi connectivity index (χ3n) is 4.59. The van der Waals surface area contributed by atoms with Gasteiger partial charge in [-0.2, -0.15) is 0 Å². The van der Waals surface area contributed by atoms with Gasteiger partial charge in [-0.15, -0.1) is 0 Å². The number of nitrogens with two attached hydrogens (primary N) is 1. The average molecular weight is 288 g/mol. The van der Waals surface area contributed by atoms with Gasteiger partial charge in [0.1, 0.15) is 0 Å². The first-order chi connectivity index (χ1) is 9.98. The summed E-state index contributed by atoms with van der Waals surface area (Å²) in [4.78, 5) is 14.6. The fourth-order valence-corrected chi connectivity index (χ4v) is 3.65. The molecular formula is C17H24N2O2. The van der Waals surface area contributed by atoms with Gasteiger partial charge in [0.05, 0.1) is 11.7 Å². The van der Waals surface area contributed by atoms with Gasteiger partial charge in [0.2, 0.25) is 0 Å². The zero-order valence-corrected chi connectivity index (χ0v) is 12.8. The molecule has 4 nitrogen and oxygen atoms in total. The quantitative estimate of drug-likeness (QED) is 0.907. The van der Waals surface area contributed by atoms with Crippen LogP contribution in [0.5, 0.6) is 0 Å². The SMILES string of the molecule is CC1(C)C[C@@H]2CN(C(=O)c3cccc(CN)c3)CC[C@@H]2O1. The Morgan fingerprint density at radius 2 is 2.29 bits per heavy atom. The van der Waals surface area contributed by atoms with Crippen LogP contribution in [0.4, 0.5) is 0 Å². The highest BCUT2D eigenvalue weighted by Crippen LogP contribution is 2.39. The van der Waals surface area contributed by atoms with Crippen LogP contribution in [-0.2, 0) is 11.3 Å². The second-order valence-corrected chi connectivity index (χ2v) is 6.82. The van der Waals surface area contributed by atoms with E-state index in [4.69, 9.17) is 10.5 Å². The number of hydrogen-bond acceptors (Lipinski definition) is 3. The van der Waals surface area contributed by atoms with Gasteiger partial charge in [-0.1, -0.05) is 12.1 Å². The van der Waals surface area contributed by atoms with Crippen molar-refractivity contribution >= 4 is 5.91 Å². The summed E-state index contributed by atoms with van der Waals surface area (Å²) in [5.74, 6) is 0.587. The van der Waals surface area contributed by atoms with Crippen molar-refractivity contribution in [3.63, 3.8) is 0 Å². The zero-order valence-electron chi connectivity index (χ0n) is 12.8. The number of amides is 1. The molecule has 2 aliphatic heterocycles. The highest BCUT2D eigenvalue weighted by atomic mass is 16.5. The fourth-order valence-electron chi connectivity index (χ4n) is 3.65. The first-order valence-electron chi connectivity index (χ1n) is 7.74. The molecular weight excluding hydrogens is 264 g/mol. The van der Waals surface area contributed by atoms with E-state index >= 15 is 0 Å². The second-order valence-electron chi connectivity index (χ2n) is 6.82. The molecule has 3 rings (SSSR count). The van der Waals surface area contributed by atoms with Crippen LogP contribution in [0.25, 0.3) is 0 Å². The van der Waals surface area contributed by atoms with Crippen LogP contribution < -0.4 is 5.73 Å². The van der Waals surface area contributed by atoms with Crippen molar-refractivity contribution < 1.29 is 9.53 Å². The Hall–Kier alpha value is -1.39. The number of rotatable bonds is 2. The van der Waals surface area contributed by atoms with E-state index in [9.17, 15) is 4.79 Å².